The van der Waals surface area contributed by atoms with Gasteiger partial charge in [0.05, 0.1) is 17.1 Å². The molecule has 0 radical (unpaired) electrons. The maximum Gasteiger partial charge on any atom is 0.407 e. The highest BCUT2D eigenvalue weighted by atomic mass is 19.1. The lowest BCUT2D eigenvalue weighted by molar-refractivity contribution is -0.119. The van der Waals surface area contributed by atoms with E-state index in [0.717, 1.165) is 16.5 Å². The molecule has 8 heteroatoms. The van der Waals surface area contributed by atoms with Crippen LogP contribution in [0.2, 0.25) is 0 Å². The van der Waals surface area contributed by atoms with Crippen molar-refractivity contribution in [1.82, 2.24) is 15.1 Å². The molecular formula is C19H17FN4O3. The van der Waals surface area contributed by atoms with Crippen LogP contribution in [0.5, 0.6) is 0 Å². The van der Waals surface area contributed by atoms with Crippen LogP contribution < -0.4 is 5.32 Å². The largest absolute Gasteiger partial charge is 0.465 e. The Labute approximate surface area is 153 Å². The standard InChI is InChI=1S/C19H17FN4O3/c20-13-3-1-11(2-4-13)17-15-6-5-14(9-16(15)22-23-17)21-18(25)12-7-8-24(10-12)19(26)27/h1-6,9,12H,7-8,10H2,(H,21,25)(H,22,23)(H,26,27). The van der Waals surface area contributed by atoms with Crippen LogP contribution in [0.4, 0.5) is 14.9 Å². The van der Waals surface area contributed by atoms with Gasteiger partial charge in [0.1, 0.15) is 5.82 Å². The quantitative estimate of drug-likeness (QED) is 0.660. The number of amides is 2. The van der Waals surface area contributed by atoms with E-state index in [1.54, 1.807) is 24.3 Å². The molecule has 7 nitrogen and oxygen atoms in total. The van der Waals surface area contributed by atoms with Crippen LogP contribution in [0.3, 0.4) is 0 Å². The molecule has 1 aliphatic heterocycles. The maximum atomic E-state index is 13.1. The summed E-state index contributed by atoms with van der Waals surface area (Å²) in [6, 6.07) is 11.5. The molecule has 3 N–H and O–H groups in total. The predicted octanol–water partition coefficient (Wildman–Crippen LogP) is 3.31. The summed E-state index contributed by atoms with van der Waals surface area (Å²) in [5.41, 5.74) is 2.84. The Morgan fingerprint density at radius 3 is 2.70 bits per heavy atom. The predicted molar refractivity (Wildman–Crippen MR) is 97.8 cm³/mol. The van der Waals surface area contributed by atoms with Crippen molar-refractivity contribution in [2.24, 2.45) is 5.92 Å². The lowest BCUT2D eigenvalue weighted by Gasteiger charge is -2.12. The minimum absolute atomic E-state index is 0.198. The van der Waals surface area contributed by atoms with Gasteiger partial charge in [0.15, 0.2) is 0 Å². The average Bonchev–Trinajstić information content (AvgIpc) is 3.29. The molecule has 1 atom stereocenters. The summed E-state index contributed by atoms with van der Waals surface area (Å²) in [5.74, 6) is -0.860. The van der Waals surface area contributed by atoms with Crippen molar-refractivity contribution in [3.8, 4) is 11.3 Å². The molecule has 1 aliphatic rings. The highest BCUT2D eigenvalue weighted by Gasteiger charge is 2.30. The zero-order chi connectivity index (χ0) is 19.0. The number of hydrogen-bond donors (Lipinski definition) is 3. The summed E-state index contributed by atoms with van der Waals surface area (Å²) in [4.78, 5) is 24.6. The zero-order valence-corrected chi connectivity index (χ0v) is 14.3. The Morgan fingerprint density at radius 2 is 2.00 bits per heavy atom. The van der Waals surface area contributed by atoms with Crippen molar-refractivity contribution in [1.29, 1.82) is 0 Å². The summed E-state index contributed by atoms with van der Waals surface area (Å²) in [7, 11) is 0. The molecule has 1 saturated heterocycles. The topological polar surface area (TPSA) is 98.3 Å². The number of H-pyrrole nitrogens is 1. The minimum Gasteiger partial charge on any atom is -0.465 e. The number of hydrogen-bond acceptors (Lipinski definition) is 3. The van der Waals surface area contributed by atoms with Gasteiger partial charge in [0, 0.05) is 29.7 Å². The van der Waals surface area contributed by atoms with E-state index < -0.39 is 6.09 Å². The minimum atomic E-state index is -1.00. The van der Waals surface area contributed by atoms with Gasteiger partial charge in [0.2, 0.25) is 5.91 Å². The number of carboxylic acid groups (broad SMARTS) is 1. The second kappa shape index (κ2) is 6.71. The molecule has 2 heterocycles. The smallest absolute Gasteiger partial charge is 0.407 e. The van der Waals surface area contributed by atoms with Gasteiger partial charge in [0.25, 0.3) is 0 Å². The van der Waals surface area contributed by atoms with E-state index >= 15 is 0 Å². The lowest BCUT2D eigenvalue weighted by Crippen LogP contribution is -2.30. The number of aromatic nitrogens is 2. The molecule has 4 rings (SSSR count). The van der Waals surface area contributed by atoms with Crippen LogP contribution in [-0.4, -0.2) is 45.3 Å². The highest BCUT2D eigenvalue weighted by molar-refractivity contribution is 5.98. The van der Waals surface area contributed by atoms with Gasteiger partial charge >= 0.3 is 6.09 Å². The van der Waals surface area contributed by atoms with Crippen molar-refractivity contribution in [2.75, 3.05) is 18.4 Å². The number of carbonyl (C=O) groups excluding carboxylic acids is 1. The van der Waals surface area contributed by atoms with Crippen LogP contribution >= 0.6 is 0 Å². The van der Waals surface area contributed by atoms with Gasteiger partial charge in [-0.25, -0.2) is 9.18 Å². The lowest BCUT2D eigenvalue weighted by atomic mass is 10.1. The molecule has 0 saturated carbocycles. The number of rotatable bonds is 3. The van der Waals surface area contributed by atoms with E-state index in [-0.39, 0.29) is 24.2 Å². The molecule has 1 fully saturated rings. The SMILES string of the molecule is O=C(Nc1ccc2c(-c3ccc(F)cc3)n[nH]c2c1)C1CCN(C(=O)O)C1. The third-order valence-corrected chi connectivity index (χ3v) is 4.78. The van der Waals surface area contributed by atoms with Crippen molar-refractivity contribution in [3.63, 3.8) is 0 Å². The number of aromatic amines is 1. The highest BCUT2D eigenvalue weighted by Crippen LogP contribution is 2.28. The molecule has 138 valence electrons. The van der Waals surface area contributed by atoms with Gasteiger partial charge in [-0.3, -0.25) is 9.89 Å². The Kier molecular flexibility index (Phi) is 4.23. The molecule has 1 aromatic heterocycles. The summed E-state index contributed by atoms with van der Waals surface area (Å²) >= 11 is 0. The van der Waals surface area contributed by atoms with E-state index in [9.17, 15) is 14.0 Å². The maximum absolute atomic E-state index is 13.1. The van der Waals surface area contributed by atoms with Crippen molar-refractivity contribution in [2.45, 2.75) is 6.42 Å². The van der Waals surface area contributed by atoms with E-state index in [0.29, 0.717) is 24.3 Å². The zero-order valence-electron chi connectivity index (χ0n) is 14.3. The third-order valence-electron chi connectivity index (χ3n) is 4.78. The summed E-state index contributed by atoms with van der Waals surface area (Å²) < 4.78 is 13.1. The number of nitrogens with one attached hydrogen (secondary N) is 2. The number of benzene rings is 2. The first-order valence-corrected chi connectivity index (χ1v) is 8.54. The van der Waals surface area contributed by atoms with Crippen molar-refractivity contribution in [3.05, 3.63) is 48.3 Å². The Hall–Kier alpha value is -3.42. The molecule has 1 unspecified atom stereocenters. The monoisotopic (exact) mass is 368 g/mol. The molecule has 2 aromatic carbocycles. The van der Waals surface area contributed by atoms with Crippen molar-refractivity contribution < 1.29 is 19.1 Å². The van der Waals surface area contributed by atoms with Gasteiger partial charge < -0.3 is 15.3 Å². The second-order valence-corrected chi connectivity index (χ2v) is 6.54. The van der Waals surface area contributed by atoms with Crippen LogP contribution in [0.1, 0.15) is 6.42 Å². The Balaban J connectivity index is 1.52. The van der Waals surface area contributed by atoms with E-state index in [2.05, 4.69) is 15.5 Å². The first-order valence-electron chi connectivity index (χ1n) is 8.54. The summed E-state index contributed by atoms with van der Waals surface area (Å²) in [5, 5.41) is 19.9. The Bertz CT molecular complexity index is 1020. The van der Waals surface area contributed by atoms with Gasteiger partial charge in [-0.2, -0.15) is 5.10 Å². The molecule has 3 aromatic rings. The molecular weight excluding hydrogens is 351 g/mol. The van der Waals surface area contributed by atoms with Crippen LogP contribution in [0.25, 0.3) is 22.2 Å². The van der Waals surface area contributed by atoms with Gasteiger partial charge in [-0.05, 0) is 48.9 Å². The number of anilines is 1. The van der Waals surface area contributed by atoms with E-state index in [1.165, 1.54) is 17.0 Å². The van der Waals surface area contributed by atoms with E-state index in [4.69, 9.17) is 5.11 Å². The average molecular weight is 368 g/mol. The third kappa shape index (κ3) is 3.33. The fourth-order valence-corrected chi connectivity index (χ4v) is 3.32. The van der Waals surface area contributed by atoms with Gasteiger partial charge in [-0.15, -0.1) is 0 Å². The van der Waals surface area contributed by atoms with Crippen LogP contribution in [0.15, 0.2) is 42.5 Å². The summed E-state index contributed by atoms with van der Waals surface area (Å²) in [6.45, 7) is 0.580. The number of halogens is 1. The molecule has 0 bridgehead atoms. The van der Waals surface area contributed by atoms with Crippen molar-refractivity contribution >= 4 is 28.6 Å². The number of nitrogens with zero attached hydrogens (tertiary/aromatic N) is 2. The summed E-state index contributed by atoms with van der Waals surface area (Å²) in [6.07, 6.45) is -0.489. The van der Waals surface area contributed by atoms with E-state index in [1.807, 2.05) is 6.07 Å². The van der Waals surface area contributed by atoms with Gasteiger partial charge in [-0.1, -0.05) is 0 Å². The first-order chi connectivity index (χ1) is 13.0. The number of carbonyl (C=O) groups is 2. The second-order valence-electron chi connectivity index (χ2n) is 6.54. The molecule has 0 aliphatic carbocycles. The molecule has 27 heavy (non-hydrogen) atoms. The number of likely N-dealkylation sites (tertiary alicyclic amines) is 1. The fraction of sp³-hybridized carbons (Fsp3) is 0.211. The first kappa shape index (κ1) is 17.0. The van der Waals surface area contributed by atoms with Crippen LogP contribution in [0, 0.1) is 11.7 Å². The Morgan fingerprint density at radius 1 is 1.22 bits per heavy atom. The molecule has 0 spiro atoms. The fourth-order valence-electron chi connectivity index (χ4n) is 3.32. The molecule has 2 amide bonds. The normalized spacial score (nSPS) is 16.6. The number of fused-ring (bicyclic) bond motifs is 1. The van der Waals surface area contributed by atoms with Crippen LogP contribution in [-0.2, 0) is 4.79 Å².